The van der Waals surface area contributed by atoms with Gasteiger partial charge in [0.1, 0.15) is 0 Å². The summed E-state index contributed by atoms with van der Waals surface area (Å²) < 4.78 is 26.2. The average molecular weight is 324 g/mol. The van der Waals surface area contributed by atoms with E-state index < -0.39 is 10.0 Å². The van der Waals surface area contributed by atoms with Crippen LogP contribution in [0.25, 0.3) is 0 Å². The Labute approximate surface area is 107 Å². The number of rotatable bonds is 4. The fourth-order valence-electron chi connectivity index (χ4n) is 0.969. The maximum atomic E-state index is 11.7. The van der Waals surface area contributed by atoms with Crippen molar-refractivity contribution in [3.8, 4) is 6.07 Å². The quantitative estimate of drug-likeness (QED) is 0.864. The van der Waals surface area contributed by atoms with Crippen LogP contribution in [-0.2, 0) is 10.0 Å². The van der Waals surface area contributed by atoms with E-state index in [0.717, 1.165) is 0 Å². The maximum Gasteiger partial charge on any atom is 0.240 e. The van der Waals surface area contributed by atoms with Crippen LogP contribution in [0.15, 0.2) is 27.6 Å². The van der Waals surface area contributed by atoms with E-state index in [2.05, 4.69) is 20.7 Å². The lowest BCUT2D eigenvalue weighted by atomic mass is 10.4. The summed E-state index contributed by atoms with van der Waals surface area (Å²) in [5.41, 5.74) is 0. The van der Waals surface area contributed by atoms with Crippen LogP contribution in [0.2, 0.25) is 5.02 Å². The summed E-state index contributed by atoms with van der Waals surface area (Å²) in [5, 5.41) is 8.75. The molecular weight excluding hydrogens is 316 g/mol. The van der Waals surface area contributed by atoms with Gasteiger partial charge in [-0.25, -0.2) is 13.1 Å². The molecule has 0 bridgehead atoms. The minimum atomic E-state index is -3.56. The van der Waals surface area contributed by atoms with Gasteiger partial charge in [-0.2, -0.15) is 5.26 Å². The summed E-state index contributed by atoms with van der Waals surface area (Å²) in [4.78, 5) is 0.113. The molecule has 0 heterocycles. The minimum absolute atomic E-state index is 0.0963. The lowest BCUT2D eigenvalue weighted by Gasteiger charge is -2.05. The number of sulfonamides is 1. The summed E-state index contributed by atoms with van der Waals surface area (Å²) >= 11 is 8.90. The summed E-state index contributed by atoms with van der Waals surface area (Å²) in [7, 11) is -3.56. The van der Waals surface area contributed by atoms with Crippen molar-refractivity contribution in [3.63, 3.8) is 0 Å². The molecule has 0 unspecified atom stereocenters. The van der Waals surface area contributed by atoms with Crippen LogP contribution in [0.5, 0.6) is 0 Å². The Bertz CT molecular complexity index is 525. The Morgan fingerprint density at radius 2 is 2.19 bits per heavy atom. The van der Waals surface area contributed by atoms with Crippen molar-refractivity contribution in [2.24, 2.45) is 0 Å². The van der Waals surface area contributed by atoms with Gasteiger partial charge >= 0.3 is 0 Å². The smallest absolute Gasteiger partial charge is 0.210 e. The molecule has 16 heavy (non-hydrogen) atoms. The second kappa shape index (κ2) is 5.64. The van der Waals surface area contributed by atoms with Gasteiger partial charge in [-0.15, -0.1) is 0 Å². The lowest BCUT2D eigenvalue weighted by Crippen LogP contribution is -2.24. The average Bonchev–Trinajstić information content (AvgIpc) is 2.22. The summed E-state index contributed by atoms with van der Waals surface area (Å²) in [5.74, 6) is 0. The van der Waals surface area contributed by atoms with Gasteiger partial charge in [-0.1, -0.05) is 11.6 Å². The molecule has 0 aliphatic carbocycles. The molecule has 0 aliphatic rings. The first-order chi connectivity index (χ1) is 7.47. The van der Waals surface area contributed by atoms with Crippen molar-refractivity contribution in [3.05, 3.63) is 27.7 Å². The Hall–Kier alpha value is -0.610. The van der Waals surface area contributed by atoms with Crippen LogP contribution < -0.4 is 4.72 Å². The zero-order valence-electron chi connectivity index (χ0n) is 8.07. The third-order valence-electron chi connectivity index (χ3n) is 1.73. The highest BCUT2D eigenvalue weighted by atomic mass is 79.9. The van der Waals surface area contributed by atoms with Gasteiger partial charge in [0.05, 0.1) is 16.0 Å². The van der Waals surface area contributed by atoms with E-state index >= 15 is 0 Å². The fraction of sp³-hybridized carbons (Fsp3) is 0.222. The monoisotopic (exact) mass is 322 g/mol. The van der Waals surface area contributed by atoms with Gasteiger partial charge in [-0.3, -0.25) is 0 Å². The van der Waals surface area contributed by atoms with Crippen molar-refractivity contribution in [1.82, 2.24) is 4.72 Å². The Morgan fingerprint density at radius 3 is 2.75 bits per heavy atom. The number of hydrogen-bond acceptors (Lipinski definition) is 3. The molecule has 1 N–H and O–H groups in total. The van der Waals surface area contributed by atoms with E-state index in [9.17, 15) is 8.42 Å². The molecular formula is C9H8BrClN2O2S. The molecule has 0 atom stereocenters. The third-order valence-corrected chi connectivity index (χ3v) is 4.40. The van der Waals surface area contributed by atoms with Gasteiger partial charge in [0.25, 0.3) is 0 Å². The Morgan fingerprint density at radius 1 is 1.50 bits per heavy atom. The molecule has 0 amide bonds. The third kappa shape index (κ3) is 3.46. The first kappa shape index (κ1) is 13.5. The standard InChI is InChI=1S/C9H8BrClN2O2S/c10-8-6-7(2-3-9(8)11)16(14,15)13-5-1-4-12/h2-3,6,13H,1,5H2. The highest BCUT2D eigenvalue weighted by Gasteiger charge is 2.14. The van der Waals surface area contributed by atoms with Gasteiger partial charge in [0, 0.05) is 17.4 Å². The molecule has 0 spiro atoms. The number of nitrogens with one attached hydrogen (secondary N) is 1. The molecule has 1 aromatic carbocycles. The highest BCUT2D eigenvalue weighted by molar-refractivity contribution is 9.10. The number of hydrogen-bond donors (Lipinski definition) is 1. The zero-order valence-corrected chi connectivity index (χ0v) is 11.2. The molecule has 0 aliphatic heterocycles. The van der Waals surface area contributed by atoms with E-state index in [4.69, 9.17) is 16.9 Å². The van der Waals surface area contributed by atoms with Crippen LogP contribution in [0, 0.1) is 11.3 Å². The minimum Gasteiger partial charge on any atom is -0.210 e. The predicted molar refractivity (Wildman–Crippen MR) is 64.6 cm³/mol. The van der Waals surface area contributed by atoms with Crippen molar-refractivity contribution in [2.75, 3.05) is 6.54 Å². The molecule has 0 aromatic heterocycles. The number of halogens is 2. The van der Waals surface area contributed by atoms with Crippen molar-refractivity contribution >= 4 is 37.6 Å². The lowest BCUT2D eigenvalue weighted by molar-refractivity contribution is 0.582. The molecule has 1 aromatic rings. The van der Waals surface area contributed by atoms with E-state index in [1.54, 1.807) is 0 Å². The van der Waals surface area contributed by atoms with E-state index in [1.165, 1.54) is 18.2 Å². The molecule has 0 saturated heterocycles. The van der Waals surface area contributed by atoms with Crippen molar-refractivity contribution in [1.29, 1.82) is 5.26 Å². The Balaban J connectivity index is 2.91. The number of benzene rings is 1. The van der Waals surface area contributed by atoms with Crippen LogP contribution in [0.3, 0.4) is 0 Å². The predicted octanol–water partition coefficient (Wildman–Crippen LogP) is 2.29. The second-order valence-electron chi connectivity index (χ2n) is 2.88. The zero-order chi connectivity index (χ0) is 12.2. The summed E-state index contributed by atoms with van der Waals surface area (Å²) in [6, 6.07) is 6.16. The Kier molecular flexibility index (Phi) is 4.74. The van der Waals surface area contributed by atoms with Crippen LogP contribution >= 0.6 is 27.5 Å². The van der Waals surface area contributed by atoms with Crippen molar-refractivity contribution < 1.29 is 8.42 Å². The number of nitriles is 1. The number of nitrogens with zero attached hydrogens (tertiary/aromatic N) is 1. The van der Waals surface area contributed by atoms with Crippen LogP contribution in [0.4, 0.5) is 0 Å². The maximum absolute atomic E-state index is 11.7. The second-order valence-corrected chi connectivity index (χ2v) is 5.91. The van der Waals surface area contributed by atoms with Gasteiger partial charge in [0.15, 0.2) is 0 Å². The SMILES string of the molecule is N#CCCNS(=O)(=O)c1ccc(Cl)c(Br)c1. The van der Waals surface area contributed by atoms with E-state index in [-0.39, 0.29) is 17.9 Å². The highest BCUT2D eigenvalue weighted by Crippen LogP contribution is 2.25. The largest absolute Gasteiger partial charge is 0.240 e. The normalized spacial score (nSPS) is 11.1. The molecule has 4 nitrogen and oxygen atoms in total. The van der Waals surface area contributed by atoms with Gasteiger partial charge in [-0.05, 0) is 34.1 Å². The van der Waals surface area contributed by atoms with Crippen LogP contribution in [-0.4, -0.2) is 15.0 Å². The molecule has 0 saturated carbocycles. The van der Waals surface area contributed by atoms with Gasteiger partial charge in [0.2, 0.25) is 10.0 Å². The first-order valence-electron chi connectivity index (χ1n) is 4.29. The fourth-order valence-corrected chi connectivity index (χ4v) is 2.67. The van der Waals surface area contributed by atoms with E-state index in [0.29, 0.717) is 9.50 Å². The molecule has 1 rings (SSSR count). The topological polar surface area (TPSA) is 70.0 Å². The van der Waals surface area contributed by atoms with Crippen LogP contribution in [0.1, 0.15) is 6.42 Å². The molecule has 86 valence electrons. The summed E-state index contributed by atoms with van der Waals surface area (Å²) in [6.07, 6.45) is 0.133. The van der Waals surface area contributed by atoms with Crippen molar-refractivity contribution in [2.45, 2.75) is 11.3 Å². The van der Waals surface area contributed by atoms with E-state index in [1.807, 2.05) is 6.07 Å². The molecule has 7 heteroatoms. The molecule has 0 fully saturated rings. The first-order valence-corrected chi connectivity index (χ1v) is 6.94. The summed E-state index contributed by atoms with van der Waals surface area (Å²) in [6.45, 7) is 0.0963. The molecule has 0 radical (unpaired) electrons. The van der Waals surface area contributed by atoms with Gasteiger partial charge < -0.3 is 0 Å².